The zero-order valence-electron chi connectivity index (χ0n) is 10.1. The van der Waals surface area contributed by atoms with Crippen LogP contribution >= 0.6 is 0 Å². The molecule has 0 radical (unpaired) electrons. The second-order valence-corrected chi connectivity index (χ2v) is 4.35. The van der Waals surface area contributed by atoms with Crippen molar-refractivity contribution in [2.75, 3.05) is 0 Å². The van der Waals surface area contributed by atoms with Gasteiger partial charge in [-0.05, 0) is 30.9 Å². The van der Waals surface area contributed by atoms with Gasteiger partial charge in [-0.1, -0.05) is 31.2 Å². The average molecular weight is 235 g/mol. The highest BCUT2D eigenvalue weighted by molar-refractivity contribution is 6.00. The third-order valence-electron chi connectivity index (χ3n) is 3.00. The molecule has 3 N–H and O–H groups in total. The molecule has 1 aromatic carbocycles. The first-order valence-electron chi connectivity index (χ1n) is 5.51. The highest BCUT2D eigenvalue weighted by atomic mass is 16.4. The fraction of sp³-hybridized carbons (Fsp3) is 0.385. The molecule has 1 atom stereocenters. The molecule has 0 fully saturated rings. The lowest BCUT2D eigenvalue weighted by molar-refractivity contribution is -0.153. The minimum Gasteiger partial charge on any atom is -0.480 e. The molecule has 0 spiro atoms. The van der Waals surface area contributed by atoms with E-state index in [1.807, 2.05) is 31.2 Å². The van der Waals surface area contributed by atoms with Crippen LogP contribution in [-0.4, -0.2) is 17.0 Å². The van der Waals surface area contributed by atoms with Gasteiger partial charge in [0.25, 0.3) is 0 Å². The van der Waals surface area contributed by atoms with Gasteiger partial charge >= 0.3 is 5.97 Å². The van der Waals surface area contributed by atoms with E-state index in [9.17, 15) is 9.59 Å². The lowest BCUT2D eigenvalue weighted by Crippen LogP contribution is -2.43. The lowest BCUT2D eigenvalue weighted by Gasteiger charge is -2.20. The molecule has 1 aromatic rings. The monoisotopic (exact) mass is 235 g/mol. The smallest absolute Gasteiger partial charge is 0.319 e. The Morgan fingerprint density at radius 1 is 1.24 bits per heavy atom. The second kappa shape index (κ2) is 4.99. The summed E-state index contributed by atoms with van der Waals surface area (Å²) in [6.07, 6.45) is 1.04. The molecule has 0 bridgehead atoms. The molecule has 0 saturated heterocycles. The van der Waals surface area contributed by atoms with Crippen LogP contribution in [0.4, 0.5) is 0 Å². The Labute approximate surface area is 100 Å². The summed E-state index contributed by atoms with van der Waals surface area (Å²) in [6, 6.07) is 7.53. The van der Waals surface area contributed by atoms with Crippen molar-refractivity contribution in [1.82, 2.24) is 0 Å². The largest absolute Gasteiger partial charge is 0.480 e. The van der Waals surface area contributed by atoms with Gasteiger partial charge in [0.1, 0.15) is 5.41 Å². The van der Waals surface area contributed by atoms with Crippen molar-refractivity contribution in [3.05, 3.63) is 35.4 Å². The van der Waals surface area contributed by atoms with Crippen molar-refractivity contribution >= 4 is 11.9 Å². The van der Waals surface area contributed by atoms with Gasteiger partial charge in [0.05, 0.1) is 0 Å². The van der Waals surface area contributed by atoms with Crippen LogP contribution in [0.3, 0.4) is 0 Å². The number of hydrogen-bond acceptors (Lipinski definition) is 2. The Morgan fingerprint density at radius 2 is 1.71 bits per heavy atom. The van der Waals surface area contributed by atoms with Crippen LogP contribution in [0.25, 0.3) is 0 Å². The molecule has 92 valence electrons. The van der Waals surface area contributed by atoms with Crippen LogP contribution < -0.4 is 5.73 Å². The van der Waals surface area contributed by atoms with Crippen molar-refractivity contribution in [2.24, 2.45) is 11.1 Å². The molecule has 0 aromatic heterocycles. The number of carboxylic acid groups (broad SMARTS) is 1. The van der Waals surface area contributed by atoms with Gasteiger partial charge in [-0.2, -0.15) is 0 Å². The van der Waals surface area contributed by atoms with E-state index in [2.05, 4.69) is 0 Å². The number of nitrogens with two attached hydrogens (primary N) is 1. The third-order valence-corrected chi connectivity index (χ3v) is 3.00. The number of carbonyl (C=O) groups excluding carboxylic acids is 1. The van der Waals surface area contributed by atoms with Crippen molar-refractivity contribution in [3.8, 4) is 0 Å². The molecular formula is C13H17NO3. The van der Waals surface area contributed by atoms with Gasteiger partial charge in [0.2, 0.25) is 5.91 Å². The number of carboxylic acids is 1. The van der Waals surface area contributed by atoms with E-state index in [-0.39, 0.29) is 6.42 Å². The predicted octanol–water partition coefficient (Wildman–Crippen LogP) is 1.37. The van der Waals surface area contributed by atoms with Gasteiger partial charge in [-0.15, -0.1) is 0 Å². The maximum absolute atomic E-state index is 11.2. The quantitative estimate of drug-likeness (QED) is 0.756. The van der Waals surface area contributed by atoms with Crippen molar-refractivity contribution in [2.45, 2.75) is 26.7 Å². The summed E-state index contributed by atoms with van der Waals surface area (Å²) in [6.45, 7) is 3.39. The number of benzene rings is 1. The molecule has 17 heavy (non-hydrogen) atoms. The number of aryl methyl sites for hydroxylation is 1. The molecule has 4 nitrogen and oxygen atoms in total. The summed E-state index contributed by atoms with van der Waals surface area (Å²) in [5.41, 5.74) is 5.58. The average Bonchev–Trinajstić information content (AvgIpc) is 2.29. The first-order valence-corrected chi connectivity index (χ1v) is 5.51. The predicted molar refractivity (Wildman–Crippen MR) is 64.5 cm³/mol. The van der Waals surface area contributed by atoms with Crippen molar-refractivity contribution in [3.63, 3.8) is 0 Å². The van der Waals surface area contributed by atoms with Crippen LogP contribution in [0, 0.1) is 5.41 Å². The summed E-state index contributed by atoms with van der Waals surface area (Å²) in [7, 11) is 0. The summed E-state index contributed by atoms with van der Waals surface area (Å²) in [5, 5.41) is 9.06. The number of hydrogen-bond donors (Lipinski definition) is 2. The Morgan fingerprint density at radius 3 is 2.06 bits per heavy atom. The third kappa shape index (κ3) is 2.84. The molecule has 0 aliphatic carbocycles. The molecule has 1 amide bonds. The molecular weight excluding hydrogens is 218 g/mol. The summed E-state index contributed by atoms with van der Waals surface area (Å²) >= 11 is 0. The number of primary amides is 1. The molecule has 0 aliphatic rings. The van der Waals surface area contributed by atoms with E-state index in [1.54, 1.807) is 0 Å². The first kappa shape index (κ1) is 13.2. The minimum absolute atomic E-state index is 0.113. The Balaban J connectivity index is 2.94. The molecule has 0 aliphatic heterocycles. The Bertz CT molecular complexity index is 409. The fourth-order valence-electron chi connectivity index (χ4n) is 1.57. The van der Waals surface area contributed by atoms with Crippen LogP contribution in [-0.2, 0) is 22.4 Å². The molecule has 1 rings (SSSR count). The van der Waals surface area contributed by atoms with E-state index < -0.39 is 17.3 Å². The topological polar surface area (TPSA) is 80.4 Å². The van der Waals surface area contributed by atoms with Crippen LogP contribution in [0.1, 0.15) is 25.0 Å². The molecule has 1 unspecified atom stereocenters. The summed E-state index contributed by atoms with van der Waals surface area (Å²) in [5.74, 6) is -2.01. The van der Waals surface area contributed by atoms with Crippen molar-refractivity contribution < 1.29 is 14.7 Å². The molecule has 0 heterocycles. The maximum atomic E-state index is 11.2. The van der Waals surface area contributed by atoms with Crippen molar-refractivity contribution in [1.29, 1.82) is 0 Å². The van der Waals surface area contributed by atoms with Gasteiger partial charge in [0.15, 0.2) is 0 Å². The molecule has 4 heteroatoms. The van der Waals surface area contributed by atoms with E-state index >= 15 is 0 Å². The Hall–Kier alpha value is -1.84. The van der Waals surface area contributed by atoms with Gasteiger partial charge in [-0.25, -0.2) is 0 Å². The van der Waals surface area contributed by atoms with Crippen LogP contribution in [0.5, 0.6) is 0 Å². The summed E-state index contributed by atoms with van der Waals surface area (Å²) in [4.78, 5) is 22.3. The van der Waals surface area contributed by atoms with E-state index in [0.29, 0.717) is 0 Å². The second-order valence-electron chi connectivity index (χ2n) is 4.35. The summed E-state index contributed by atoms with van der Waals surface area (Å²) < 4.78 is 0. The minimum atomic E-state index is -1.55. The highest BCUT2D eigenvalue weighted by Crippen LogP contribution is 2.23. The Kier molecular flexibility index (Phi) is 3.89. The number of amides is 1. The van der Waals surface area contributed by atoms with E-state index in [0.717, 1.165) is 12.0 Å². The molecule has 0 saturated carbocycles. The van der Waals surface area contributed by atoms with Crippen LogP contribution in [0.2, 0.25) is 0 Å². The first-order chi connectivity index (χ1) is 7.90. The van der Waals surface area contributed by atoms with Gasteiger partial charge < -0.3 is 10.8 Å². The number of carbonyl (C=O) groups is 2. The van der Waals surface area contributed by atoms with Gasteiger partial charge in [-0.3, -0.25) is 9.59 Å². The SMILES string of the molecule is CCc1ccc(CC(C)(C(N)=O)C(=O)O)cc1. The van der Waals surface area contributed by atoms with Gasteiger partial charge in [0, 0.05) is 0 Å². The highest BCUT2D eigenvalue weighted by Gasteiger charge is 2.39. The standard InChI is InChI=1S/C13H17NO3/c1-3-9-4-6-10(7-5-9)8-13(2,11(14)15)12(16)17/h4-7H,3,8H2,1-2H3,(H2,14,15)(H,16,17). The lowest BCUT2D eigenvalue weighted by atomic mass is 9.83. The fourth-order valence-corrected chi connectivity index (χ4v) is 1.57. The maximum Gasteiger partial charge on any atom is 0.319 e. The van der Waals surface area contributed by atoms with E-state index in [1.165, 1.54) is 12.5 Å². The zero-order valence-corrected chi connectivity index (χ0v) is 10.1. The number of aliphatic carboxylic acids is 1. The van der Waals surface area contributed by atoms with E-state index in [4.69, 9.17) is 10.8 Å². The number of rotatable bonds is 5. The van der Waals surface area contributed by atoms with Crippen LogP contribution in [0.15, 0.2) is 24.3 Å². The normalized spacial score (nSPS) is 14.0. The zero-order chi connectivity index (χ0) is 13.1.